The van der Waals surface area contributed by atoms with E-state index in [1.165, 1.54) is 11.8 Å². The van der Waals surface area contributed by atoms with Gasteiger partial charge in [0, 0.05) is 18.4 Å². The second-order valence-electron chi connectivity index (χ2n) is 5.57. The van der Waals surface area contributed by atoms with Crippen molar-refractivity contribution in [3.8, 4) is 0 Å². The van der Waals surface area contributed by atoms with E-state index in [0.717, 1.165) is 16.8 Å². The second-order valence-corrected chi connectivity index (χ2v) is 6.55. The minimum atomic E-state index is -0.0549. The van der Waals surface area contributed by atoms with Crippen molar-refractivity contribution in [2.24, 2.45) is 4.99 Å². The van der Waals surface area contributed by atoms with Gasteiger partial charge in [-0.2, -0.15) is 0 Å². The maximum atomic E-state index is 12.6. The molecule has 5 nitrogen and oxygen atoms in total. The number of amidine groups is 1. The zero-order valence-corrected chi connectivity index (χ0v) is 14.6. The summed E-state index contributed by atoms with van der Waals surface area (Å²) in [6.07, 6.45) is 0. The molecule has 122 valence electrons. The molecule has 1 aliphatic rings. The van der Waals surface area contributed by atoms with Crippen LogP contribution in [-0.4, -0.2) is 28.0 Å². The van der Waals surface area contributed by atoms with Crippen LogP contribution in [0, 0.1) is 6.92 Å². The largest absolute Gasteiger partial charge is 0.399 e. The molecule has 0 unspecified atom stereocenters. The Morgan fingerprint density at radius 1 is 1.21 bits per heavy atom. The van der Waals surface area contributed by atoms with Crippen LogP contribution in [0.3, 0.4) is 0 Å². The Bertz CT molecular complexity index is 856. The van der Waals surface area contributed by atoms with Crippen LogP contribution in [0.1, 0.15) is 18.2 Å². The van der Waals surface area contributed by atoms with Crippen LogP contribution in [0.25, 0.3) is 5.57 Å². The fourth-order valence-electron chi connectivity index (χ4n) is 2.33. The molecule has 0 radical (unpaired) electrons. The maximum Gasteiger partial charge on any atom is 0.266 e. The third-order valence-electron chi connectivity index (χ3n) is 3.75. The number of rotatable bonds is 2. The van der Waals surface area contributed by atoms with Gasteiger partial charge < -0.3 is 5.73 Å². The van der Waals surface area contributed by atoms with Crippen LogP contribution in [0.5, 0.6) is 0 Å². The number of aliphatic imine (C=N–C) groups is 1. The van der Waals surface area contributed by atoms with Crippen molar-refractivity contribution in [3.05, 3.63) is 58.6 Å². The summed E-state index contributed by atoms with van der Waals surface area (Å²) in [5, 5.41) is 0.628. The minimum Gasteiger partial charge on any atom is -0.399 e. The second kappa shape index (κ2) is 6.49. The molecule has 1 aromatic heterocycles. The van der Waals surface area contributed by atoms with Gasteiger partial charge in [0.1, 0.15) is 0 Å². The quantitative estimate of drug-likeness (QED) is 0.671. The summed E-state index contributed by atoms with van der Waals surface area (Å²) >= 11 is 1.37. The number of aryl methyl sites for hydroxylation is 1. The number of anilines is 1. The number of hydrogen-bond acceptors (Lipinski definition) is 5. The highest BCUT2D eigenvalue weighted by molar-refractivity contribution is 8.18. The van der Waals surface area contributed by atoms with Crippen molar-refractivity contribution in [3.63, 3.8) is 0 Å². The summed E-state index contributed by atoms with van der Waals surface area (Å²) in [5.74, 6) is 0.546. The molecule has 2 N–H and O–H groups in total. The number of nitrogen functional groups attached to an aromatic ring is 1. The zero-order valence-electron chi connectivity index (χ0n) is 13.8. The number of carbonyl (C=O) groups excluding carboxylic acids is 1. The molecule has 0 atom stereocenters. The number of carbonyl (C=O) groups is 1. The number of nitrogens with two attached hydrogens (primary N) is 1. The van der Waals surface area contributed by atoms with Crippen LogP contribution >= 0.6 is 11.8 Å². The Balaban J connectivity index is 1.96. The van der Waals surface area contributed by atoms with Gasteiger partial charge in [0.25, 0.3) is 5.91 Å². The van der Waals surface area contributed by atoms with E-state index in [9.17, 15) is 4.79 Å². The lowest BCUT2D eigenvalue weighted by molar-refractivity contribution is -0.121. The number of likely N-dealkylation sites (N-methyl/N-ethyl adjacent to an activating group) is 1. The van der Waals surface area contributed by atoms with Gasteiger partial charge in [-0.05, 0) is 61.0 Å². The van der Waals surface area contributed by atoms with Crippen molar-refractivity contribution in [1.82, 2.24) is 9.88 Å². The molecular formula is C18H18N4OS. The van der Waals surface area contributed by atoms with Crippen molar-refractivity contribution in [1.29, 1.82) is 0 Å². The zero-order chi connectivity index (χ0) is 17.3. The van der Waals surface area contributed by atoms with E-state index in [0.29, 0.717) is 21.6 Å². The lowest BCUT2D eigenvalue weighted by Crippen LogP contribution is -2.24. The topological polar surface area (TPSA) is 71.6 Å². The van der Waals surface area contributed by atoms with Crippen LogP contribution < -0.4 is 5.73 Å². The molecular weight excluding hydrogens is 320 g/mol. The highest BCUT2D eigenvalue weighted by Gasteiger charge is 2.32. The summed E-state index contributed by atoms with van der Waals surface area (Å²) < 4.78 is 0. The fraction of sp³-hybridized carbons (Fsp3) is 0.167. The number of thioether (sulfide) groups is 1. The number of nitrogens with zero attached hydrogens (tertiary/aromatic N) is 3. The lowest BCUT2D eigenvalue weighted by Gasteiger charge is -2.07. The van der Waals surface area contributed by atoms with Crippen molar-refractivity contribution >= 4 is 39.9 Å². The van der Waals surface area contributed by atoms with Gasteiger partial charge in [-0.3, -0.25) is 9.69 Å². The average molecular weight is 338 g/mol. The van der Waals surface area contributed by atoms with Crippen molar-refractivity contribution < 1.29 is 4.79 Å². The first-order valence-corrected chi connectivity index (χ1v) is 8.32. The predicted octanol–water partition coefficient (Wildman–Crippen LogP) is 3.60. The molecule has 1 fully saturated rings. The molecule has 0 spiro atoms. The molecule has 3 rings (SSSR count). The SMILES string of the molecule is C/C(=C1/S/C(=N/c2cccc(C)n2)N(C)C1=O)c1ccc(N)cc1. The summed E-state index contributed by atoms with van der Waals surface area (Å²) in [6, 6.07) is 13.1. The summed E-state index contributed by atoms with van der Waals surface area (Å²) in [4.78, 5) is 23.7. The molecule has 0 bridgehead atoms. The van der Waals surface area contributed by atoms with Crippen LogP contribution in [0.15, 0.2) is 52.4 Å². The van der Waals surface area contributed by atoms with E-state index >= 15 is 0 Å². The number of benzene rings is 1. The normalized spacial score (nSPS) is 18.4. The van der Waals surface area contributed by atoms with E-state index in [-0.39, 0.29) is 5.91 Å². The molecule has 2 aromatic rings. The van der Waals surface area contributed by atoms with Crippen LogP contribution in [-0.2, 0) is 4.79 Å². The molecule has 0 aliphatic carbocycles. The smallest absolute Gasteiger partial charge is 0.266 e. The first-order valence-electron chi connectivity index (χ1n) is 7.51. The van der Waals surface area contributed by atoms with Crippen LogP contribution in [0.4, 0.5) is 11.5 Å². The third-order valence-corrected chi connectivity index (χ3v) is 4.98. The Hall–Kier alpha value is -2.60. The first-order chi connectivity index (χ1) is 11.5. The van der Waals surface area contributed by atoms with Crippen molar-refractivity contribution in [2.45, 2.75) is 13.8 Å². The van der Waals surface area contributed by atoms with Gasteiger partial charge in [-0.1, -0.05) is 18.2 Å². The van der Waals surface area contributed by atoms with E-state index in [2.05, 4.69) is 9.98 Å². The molecule has 1 aromatic carbocycles. The molecule has 1 amide bonds. The number of amides is 1. The lowest BCUT2D eigenvalue weighted by atomic mass is 10.1. The van der Waals surface area contributed by atoms with Gasteiger partial charge in [0.15, 0.2) is 11.0 Å². The van der Waals surface area contributed by atoms with Gasteiger partial charge >= 0.3 is 0 Å². The van der Waals surface area contributed by atoms with Gasteiger partial charge in [-0.15, -0.1) is 0 Å². The third kappa shape index (κ3) is 3.19. The monoisotopic (exact) mass is 338 g/mol. The van der Waals surface area contributed by atoms with E-state index < -0.39 is 0 Å². The van der Waals surface area contributed by atoms with Gasteiger partial charge in [0.05, 0.1) is 4.91 Å². The Labute approximate surface area is 145 Å². The molecule has 24 heavy (non-hydrogen) atoms. The van der Waals surface area contributed by atoms with E-state index in [1.807, 2.05) is 56.3 Å². The van der Waals surface area contributed by atoms with Gasteiger partial charge in [-0.25, -0.2) is 9.98 Å². The number of allylic oxidation sites excluding steroid dienone is 1. The minimum absolute atomic E-state index is 0.0549. The standard InChI is InChI=1S/C18H18N4OS/c1-11-5-4-6-15(20-11)21-18-22(3)17(23)16(24-18)12(2)13-7-9-14(19)10-8-13/h4-10H,19H2,1-3H3/b16-12-,21-18+. The fourth-order valence-corrected chi connectivity index (χ4v) is 3.37. The molecule has 1 aliphatic heterocycles. The maximum absolute atomic E-state index is 12.6. The predicted molar refractivity (Wildman–Crippen MR) is 99.9 cm³/mol. The summed E-state index contributed by atoms with van der Waals surface area (Å²) in [7, 11) is 1.73. The number of aromatic nitrogens is 1. The van der Waals surface area contributed by atoms with Gasteiger partial charge in [0.2, 0.25) is 0 Å². The van der Waals surface area contributed by atoms with E-state index in [4.69, 9.17) is 5.73 Å². The average Bonchev–Trinajstić information content (AvgIpc) is 2.83. The van der Waals surface area contributed by atoms with Crippen LogP contribution in [0.2, 0.25) is 0 Å². The number of hydrogen-bond donors (Lipinski definition) is 1. The first kappa shape index (κ1) is 16.3. The Kier molecular flexibility index (Phi) is 4.40. The van der Waals surface area contributed by atoms with Crippen molar-refractivity contribution in [2.75, 3.05) is 12.8 Å². The van der Waals surface area contributed by atoms with E-state index in [1.54, 1.807) is 11.9 Å². The molecule has 0 saturated carbocycles. The molecule has 6 heteroatoms. The summed E-state index contributed by atoms with van der Waals surface area (Å²) in [6.45, 7) is 3.85. The molecule has 1 saturated heterocycles. The highest BCUT2D eigenvalue weighted by atomic mass is 32.2. The number of pyridine rings is 1. The Morgan fingerprint density at radius 2 is 1.92 bits per heavy atom. The Morgan fingerprint density at radius 3 is 2.58 bits per heavy atom. The highest BCUT2D eigenvalue weighted by Crippen LogP contribution is 2.36. The summed E-state index contributed by atoms with van der Waals surface area (Å²) in [5.41, 5.74) is 9.21. The molecule has 2 heterocycles.